The maximum atomic E-state index is 12.9. The quantitative estimate of drug-likeness (QED) is 0.564. The Morgan fingerprint density at radius 3 is 2.47 bits per heavy atom. The van der Waals surface area contributed by atoms with Crippen LogP contribution in [0.5, 0.6) is 0 Å². The van der Waals surface area contributed by atoms with E-state index in [4.69, 9.17) is 0 Å². The smallest absolute Gasteiger partial charge is 0.223 e. The summed E-state index contributed by atoms with van der Waals surface area (Å²) in [6, 6.07) is 0.763. The highest BCUT2D eigenvalue weighted by Gasteiger charge is 2.42. The van der Waals surface area contributed by atoms with Gasteiger partial charge in [0, 0.05) is 31.1 Å². The van der Waals surface area contributed by atoms with Gasteiger partial charge in [0.15, 0.2) is 9.84 Å². The lowest BCUT2D eigenvalue weighted by Gasteiger charge is -2.37. The Kier molecular flexibility index (Phi) is 8.05. The number of sulfone groups is 1. The largest absolute Gasteiger partial charge is 0.316 e. The predicted molar refractivity (Wildman–Crippen MR) is 123 cm³/mol. The van der Waals surface area contributed by atoms with Gasteiger partial charge in [-0.15, -0.1) is 0 Å². The molecule has 5 nitrogen and oxygen atoms in total. The van der Waals surface area contributed by atoms with Gasteiger partial charge in [-0.05, 0) is 77.0 Å². The number of hydrogen-bond acceptors (Lipinski definition) is 4. The van der Waals surface area contributed by atoms with Crippen LogP contribution in [-0.2, 0) is 14.6 Å². The molecule has 2 fully saturated rings. The summed E-state index contributed by atoms with van der Waals surface area (Å²) in [4.78, 5) is 16.5. The lowest BCUT2D eigenvalue weighted by molar-refractivity contribution is -0.128. The average Bonchev–Trinajstić information content (AvgIpc) is 3.09. The van der Waals surface area contributed by atoms with Gasteiger partial charge in [-0.25, -0.2) is 8.42 Å². The van der Waals surface area contributed by atoms with Crippen molar-refractivity contribution in [2.75, 3.05) is 19.8 Å². The van der Waals surface area contributed by atoms with E-state index in [1.54, 1.807) is 6.92 Å². The van der Waals surface area contributed by atoms with Crippen molar-refractivity contribution in [3.63, 3.8) is 0 Å². The first-order valence-electron chi connectivity index (χ1n) is 12.1. The summed E-state index contributed by atoms with van der Waals surface area (Å²) in [6.45, 7) is 3.89. The lowest BCUT2D eigenvalue weighted by Crippen LogP contribution is -2.40. The molecule has 2 aliphatic carbocycles. The average molecular weight is 439 g/mol. The van der Waals surface area contributed by atoms with Crippen molar-refractivity contribution in [1.82, 2.24) is 9.80 Å². The van der Waals surface area contributed by atoms with Gasteiger partial charge in [0.25, 0.3) is 0 Å². The van der Waals surface area contributed by atoms with E-state index in [1.165, 1.54) is 12.0 Å². The molecule has 6 heteroatoms. The molecule has 30 heavy (non-hydrogen) atoms. The zero-order chi connectivity index (χ0) is 21.9. The first-order chi connectivity index (χ1) is 14.2. The minimum atomic E-state index is -2.96. The minimum absolute atomic E-state index is 0.0943. The minimum Gasteiger partial charge on any atom is -0.316 e. The van der Waals surface area contributed by atoms with Gasteiger partial charge in [0.2, 0.25) is 5.91 Å². The molecular weight excluding hydrogens is 396 g/mol. The van der Waals surface area contributed by atoms with Crippen molar-refractivity contribution < 1.29 is 13.2 Å². The molecule has 0 spiro atoms. The van der Waals surface area contributed by atoms with Gasteiger partial charge in [-0.3, -0.25) is 4.79 Å². The Morgan fingerprint density at radius 1 is 1.17 bits per heavy atom. The molecule has 0 aromatic carbocycles. The topological polar surface area (TPSA) is 57.7 Å². The van der Waals surface area contributed by atoms with Crippen molar-refractivity contribution in [1.29, 1.82) is 0 Å². The molecule has 4 atom stereocenters. The molecule has 1 heterocycles. The van der Waals surface area contributed by atoms with Crippen molar-refractivity contribution in [2.24, 2.45) is 11.8 Å². The molecule has 0 bridgehead atoms. The monoisotopic (exact) mass is 438 g/mol. The summed E-state index contributed by atoms with van der Waals surface area (Å²) in [5.41, 5.74) is 1.40. The summed E-state index contributed by atoms with van der Waals surface area (Å²) in [6.07, 6.45) is 13.1. The highest BCUT2D eigenvalue weighted by atomic mass is 32.2. The molecule has 1 aliphatic heterocycles. The highest BCUT2D eigenvalue weighted by Crippen LogP contribution is 2.44. The highest BCUT2D eigenvalue weighted by molar-refractivity contribution is 7.92. The van der Waals surface area contributed by atoms with Crippen LogP contribution < -0.4 is 0 Å². The van der Waals surface area contributed by atoms with Crippen molar-refractivity contribution in [3.05, 3.63) is 11.8 Å². The van der Waals surface area contributed by atoms with Gasteiger partial charge < -0.3 is 9.80 Å². The Bertz CT molecular complexity index is 725. The zero-order valence-corrected chi connectivity index (χ0v) is 20.3. The fraction of sp³-hybridized carbons (Fsp3) is 0.875. The lowest BCUT2D eigenvalue weighted by atomic mass is 9.74. The number of carbonyl (C=O) groups excluding carboxylic acids is 1. The summed E-state index contributed by atoms with van der Waals surface area (Å²) in [5, 5.41) is -0.0943. The number of hydrogen-bond donors (Lipinski definition) is 0. The molecule has 0 radical (unpaired) electrons. The van der Waals surface area contributed by atoms with Crippen LogP contribution in [0.2, 0.25) is 0 Å². The molecule has 3 rings (SSSR count). The van der Waals surface area contributed by atoms with Gasteiger partial charge in [0.05, 0.1) is 11.0 Å². The van der Waals surface area contributed by atoms with E-state index in [9.17, 15) is 13.2 Å². The molecule has 0 aromatic heterocycles. The van der Waals surface area contributed by atoms with Crippen LogP contribution in [0.15, 0.2) is 11.8 Å². The standard InChI is InChI=1S/C24H42N2O3S/c1-5-21(25(3)4)16-20-17-26(18(2)27)24-12-11-19(15-23(20)24)13-14-30(28,29)22-9-7-6-8-10-22/h17,19,21-24H,5-16H2,1-4H3/t19?,21-,23?,24?/m1/s1. The molecular formula is C24H42N2O3S. The molecule has 172 valence electrons. The van der Waals surface area contributed by atoms with Crippen LogP contribution >= 0.6 is 0 Å². The third kappa shape index (κ3) is 5.48. The predicted octanol–water partition coefficient (Wildman–Crippen LogP) is 4.39. The first-order valence-corrected chi connectivity index (χ1v) is 13.8. The Balaban J connectivity index is 1.64. The molecule has 0 saturated heterocycles. The summed E-state index contributed by atoms with van der Waals surface area (Å²) < 4.78 is 25.7. The van der Waals surface area contributed by atoms with Crippen LogP contribution in [-0.4, -0.2) is 61.3 Å². The second-order valence-electron chi connectivity index (χ2n) is 10.1. The fourth-order valence-electron chi connectivity index (χ4n) is 6.02. The van der Waals surface area contributed by atoms with Gasteiger partial charge >= 0.3 is 0 Å². The van der Waals surface area contributed by atoms with E-state index in [2.05, 4.69) is 32.1 Å². The Hall–Kier alpha value is -0.880. The number of carbonyl (C=O) groups is 1. The summed E-state index contributed by atoms with van der Waals surface area (Å²) in [5.74, 6) is 1.35. The third-order valence-electron chi connectivity index (χ3n) is 7.97. The Morgan fingerprint density at radius 2 is 1.87 bits per heavy atom. The molecule has 1 amide bonds. The normalized spacial score (nSPS) is 29.0. The molecule has 3 unspecified atom stereocenters. The molecule has 2 saturated carbocycles. The maximum absolute atomic E-state index is 12.9. The van der Waals surface area contributed by atoms with E-state index in [-0.39, 0.29) is 17.2 Å². The van der Waals surface area contributed by atoms with Crippen LogP contribution in [0.25, 0.3) is 0 Å². The van der Waals surface area contributed by atoms with Crippen molar-refractivity contribution >= 4 is 15.7 Å². The third-order valence-corrected chi connectivity index (χ3v) is 10.3. The van der Waals surface area contributed by atoms with Crippen LogP contribution in [0, 0.1) is 11.8 Å². The van der Waals surface area contributed by atoms with Gasteiger partial charge in [-0.1, -0.05) is 26.2 Å². The van der Waals surface area contributed by atoms with Crippen LogP contribution in [0.4, 0.5) is 0 Å². The second kappa shape index (κ2) is 10.2. The van der Waals surface area contributed by atoms with Gasteiger partial charge in [-0.2, -0.15) is 0 Å². The summed E-state index contributed by atoms with van der Waals surface area (Å²) >= 11 is 0. The van der Waals surface area contributed by atoms with Crippen LogP contribution in [0.3, 0.4) is 0 Å². The van der Waals surface area contributed by atoms with Crippen LogP contribution in [0.1, 0.15) is 84.5 Å². The fourth-order valence-corrected chi connectivity index (χ4v) is 8.07. The summed E-state index contributed by atoms with van der Waals surface area (Å²) in [7, 11) is 1.29. The number of rotatable bonds is 8. The first kappa shape index (κ1) is 23.8. The second-order valence-corrected chi connectivity index (χ2v) is 12.5. The van der Waals surface area contributed by atoms with E-state index < -0.39 is 9.84 Å². The molecule has 0 N–H and O–H groups in total. The van der Waals surface area contributed by atoms with Crippen molar-refractivity contribution in [3.8, 4) is 0 Å². The Labute approximate surface area is 184 Å². The van der Waals surface area contributed by atoms with Crippen molar-refractivity contribution in [2.45, 2.75) is 102 Å². The van der Waals surface area contributed by atoms with E-state index in [0.717, 1.165) is 64.2 Å². The SMILES string of the molecule is CC[C@H](CC1=CN(C(C)=O)C2CCC(CCS(=O)(=O)C3CCCCC3)CC12)N(C)C. The molecule has 3 aliphatic rings. The zero-order valence-electron chi connectivity index (χ0n) is 19.5. The number of fused-ring (bicyclic) bond motifs is 1. The van der Waals surface area contributed by atoms with E-state index in [1.807, 2.05) is 4.90 Å². The number of nitrogens with zero attached hydrogens (tertiary/aromatic N) is 2. The van der Waals surface area contributed by atoms with E-state index >= 15 is 0 Å². The maximum Gasteiger partial charge on any atom is 0.223 e. The number of amides is 1. The van der Waals surface area contributed by atoms with E-state index in [0.29, 0.717) is 23.6 Å². The van der Waals surface area contributed by atoms with Gasteiger partial charge in [0.1, 0.15) is 0 Å². The molecule has 0 aromatic rings.